The lowest BCUT2D eigenvalue weighted by Gasteiger charge is -2.15. The molecule has 0 fully saturated rings. The van der Waals surface area contributed by atoms with Gasteiger partial charge in [-0.1, -0.05) is 13.8 Å². The molecule has 19 heavy (non-hydrogen) atoms. The number of rotatable bonds is 5. The molecule has 0 N–H and O–H groups in total. The summed E-state index contributed by atoms with van der Waals surface area (Å²) in [7, 11) is 0. The Bertz CT molecular complexity index is 457. The Morgan fingerprint density at radius 2 is 2.05 bits per heavy atom. The van der Waals surface area contributed by atoms with E-state index >= 15 is 0 Å². The number of alkyl halides is 3. The normalized spacial score (nSPS) is 12.8. The summed E-state index contributed by atoms with van der Waals surface area (Å²) in [6.45, 7) is 4.21. The van der Waals surface area contributed by atoms with Crippen molar-refractivity contribution in [1.82, 2.24) is 0 Å². The van der Waals surface area contributed by atoms with Gasteiger partial charge >= 0.3 is 6.18 Å². The van der Waals surface area contributed by atoms with Gasteiger partial charge in [-0.25, -0.2) is 0 Å². The van der Waals surface area contributed by atoms with E-state index in [2.05, 4.69) is 5.92 Å². The summed E-state index contributed by atoms with van der Waals surface area (Å²) in [6.07, 6.45) is 2.10. The highest BCUT2D eigenvalue weighted by molar-refractivity contribution is 5.39. The third kappa shape index (κ3) is 4.51. The van der Waals surface area contributed by atoms with Gasteiger partial charge in [0.15, 0.2) is 0 Å². The Morgan fingerprint density at radius 1 is 1.37 bits per heavy atom. The minimum absolute atomic E-state index is 0.132. The fourth-order valence-electron chi connectivity index (χ4n) is 1.66. The van der Waals surface area contributed by atoms with Gasteiger partial charge in [-0.3, -0.25) is 0 Å². The van der Waals surface area contributed by atoms with Crippen molar-refractivity contribution in [2.24, 2.45) is 5.92 Å². The number of hydrogen-bond donors (Lipinski definition) is 0. The van der Waals surface area contributed by atoms with Crippen LogP contribution in [0.15, 0.2) is 18.2 Å². The molecule has 1 aromatic carbocycles. The molecule has 0 aliphatic rings. The third-order valence-electron chi connectivity index (χ3n) is 2.66. The largest absolute Gasteiger partial charge is 0.493 e. The first kappa shape index (κ1) is 15.4. The van der Waals surface area contributed by atoms with Crippen LogP contribution in [-0.2, 0) is 12.6 Å². The maximum absolute atomic E-state index is 12.7. The fourth-order valence-corrected chi connectivity index (χ4v) is 1.66. The van der Waals surface area contributed by atoms with Crippen LogP contribution in [-0.4, -0.2) is 6.61 Å². The third-order valence-corrected chi connectivity index (χ3v) is 2.66. The number of ether oxygens (including phenoxy) is 1. The molecule has 0 aromatic heterocycles. The van der Waals surface area contributed by atoms with Gasteiger partial charge < -0.3 is 4.74 Å². The first-order valence-corrected chi connectivity index (χ1v) is 6.17. The molecule has 0 aliphatic heterocycles. The summed E-state index contributed by atoms with van der Waals surface area (Å²) < 4.78 is 43.5. The highest BCUT2D eigenvalue weighted by Crippen LogP contribution is 2.33. The first-order chi connectivity index (χ1) is 8.88. The Hall–Kier alpha value is -1.63. The van der Waals surface area contributed by atoms with Crippen molar-refractivity contribution in [3.63, 3.8) is 0 Å². The van der Waals surface area contributed by atoms with E-state index in [9.17, 15) is 13.2 Å². The maximum atomic E-state index is 12.7. The molecule has 0 amide bonds. The minimum atomic E-state index is -4.35. The molecular weight excluding hydrogens is 253 g/mol. The van der Waals surface area contributed by atoms with Gasteiger partial charge in [0.2, 0.25) is 0 Å². The van der Waals surface area contributed by atoms with E-state index in [1.54, 1.807) is 6.92 Å². The van der Waals surface area contributed by atoms with Gasteiger partial charge in [-0.15, -0.1) is 12.3 Å². The molecule has 1 atom stereocenters. The van der Waals surface area contributed by atoms with E-state index in [0.717, 1.165) is 18.6 Å². The Balaban J connectivity index is 3.07. The van der Waals surface area contributed by atoms with Crippen molar-refractivity contribution >= 4 is 0 Å². The Labute approximate surface area is 111 Å². The second kappa shape index (κ2) is 6.51. The summed E-state index contributed by atoms with van der Waals surface area (Å²) in [5, 5.41) is 0. The van der Waals surface area contributed by atoms with Gasteiger partial charge in [0.25, 0.3) is 0 Å². The van der Waals surface area contributed by atoms with E-state index in [0.29, 0.717) is 24.3 Å². The zero-order valence-corrected chi connectivity index (χ0v) is 11.1. The topological polar surface area (TPSA) is 9.23 Å². The van der Waals surface area contributed by atoms with Crippen LogP contribution >= 0.6 is 0 Å². The summed E-state index contributed by atoms with van der Waals surface area (Å²) >= 11 is 0. The Kier molecular flexibility index (Phi) is 5.29. The van der Waals surface area contributed by atoms with Gasteiger partial charge in [-0.05, 0) is 36.6 Å². The van der Waals surface area contributed by atoms with Crippen LogP contribution in [0.4, 0.5) is 13.2 Å². The lowest BCUT2D eigenvalue weighted by molar-refractivity contribution is -0.137. The molecule has 0 aliphatic carbocycles. The monoisotopic (exact) mass is 270 g/mol. The molecule has 0 spiro atoms. The molecule has 0 saturated heterocycles. The van der Waals surface area contributed by atoms with Gasteiger partial charge in [0.1, 0.15) is 5.75 Å². The van der Waals surface area contributed by atoms with Crippen molar-refractivity contribution < 1.29 is 17.9 Å². The van der Waals surface area contributed by atoms with Crippen molar-refractivity contribution in [2.75, 3.05) is 6.61 Å². The second-order valence-electron chi connectivity index (χ2n) is 4.44. The summed E-state index contributed by atoms with van der Waals surface area (Å²) in [6, 6.07) is 3.53. The van der Waals surface area contributed by atoms with Crippen LogP contribution in [0.5, 0.6) is 5.75 Å². The molecule has 0 radical (unpaired) electrons. The Morgan fingerprint density at radius 3 is 2.58 bits per heavy atom. The molecule has 104 valence electrons. The molecule has 0 saturated carbocycles. The van der Waals surface area contributed by atoms with Crippen molar-refractivity contribution in [3.05, 3.63) is 29.3 Å². The van der Waals surface area contributed by atoms with Crippen molar-refractivity contribution in [3.8, 4) is 18.1 Å². The molecule has 4 heteroatoms. The van der Waals surface area contributed by atoms with Crippen LogP contribution < -0.4 is 4.74 Å². The highest BCUT2D eigenvalue weighted by atomic mass is 19.4. The van der Waals surface area contributed by atoms with E-state index in [1.165, 1.54) is 6.07 Å². The van der Waals surface area contributed by atoms with E-state index in [4.69, 9.17) is 11.2 Å². The molecule has 1 unspecified atom stereocenters. The lowest BCUT2D eigenvalue weighted by atomic mass is 9.99. The average Bonchev–Trinajstić information content (AvgIpc) is 2.35. The number of benzene rings is 1. The smallest absolute Gasteiger partial charge is 0.416 e. The zero-order valence-electron chi connectivity index (χ0n) is 11.1. The van der Waals surface area contributed by atoms with Gasteiger partial charge in [0, 0.05) is 5.92 Å². The predicted molar refractivity (Wildman–Crippen MR) is 68.9 cm³/mol. The molecule has 1 nitrogen and oxygen atoms in total. The van der Waals surface area contributed by atoms with E-state index in [1.807, 2.05) is 6.92 Å². The quantitative estimate of drug-likeness (QED) is 0.725. The summed E-state index contributed by atoms with van der Waals surface area (Å²) in [5.41, 5.74) is -0.163. The molecular formula is C15H17F3O. The van der Waals surface area contributed by atoms with Crippen LogP contribution in [0.2, 0.25) is 0 Å². The summed E-state index contributed by atoms with van der Waals surface area (Å²) in [4.78, 5) is 0. The highest BCUT2D eigenvalue weighted by Gasteiger charge is 2.31. The number of terminal acetylenes is 1. The van der Waals surface area contributed by atoms with Crippen LogP contribution in [0.1, 0.15) is 31.4 Å². The first-order valence-electron chi connectivity index (χ1n) is 6.17. The van der Waals surface area contributed by atoms with Crippen LogP contribution in [0.3, 0.4) is 0 Å². The van der Waals surface area contributed by atoms with Gasteiger partial charge in [-0.2, -0.15) is 13.2 Å². The molecule has 1 aromatic rings. The van der Waals surface area contributed by atoms with Crippen molar-refractivity contribution in [1.29, 1.82) is 0 Å². The zero-order chi connectivity index (χ0) is 14.5. The molecule has 0 bridgehead atoms. The molecule has 0 heterocycles. The average molecular weight is 270 g/mol. The fraction of sp³-hybridized carbons (Fsp3) is 0.467. The minimum Gasteiger partial charge on any atom is -0.493 e. The SMILES string of the molecule is C#CC(C)Cc1cc(C(F)(F)F)ccc1OCCC. The standard InChI is InChI=1S/C15H17F3O/c1-4-8-19-14-7-6-13(15(16,17)18)10-12(14)9-11(3)5-2/h2,6-7,10-11H,4,8-9H2,1,3H3. The summed E-state index contributed by atoms with van der Waals surface area (Å²) in [5.74, 6) is 2.87. The number of hydrogen-bond acceptors (Lipinski definition) is 1. The van der Waals surface area contributed by atoms with Crippen LogP contribution in [0.25, 0.3) is 0 Å². The van der Waals surface area contributed by atoms with Gasteiger partial charge in [0.05, 0.1) is 12.2 Å². The second-order valence-corrected chi connectivity index (χ2v) is 4.44. The van der Waals surface area contributed by atoms with E-state index < -0.39 is 11.7 Å². The maximum Gasteiger partial charge on any atom is 0.416 e. The predicted octanol–water partition coefficient (Wildman–Crippen LogP) is 4.31. The van der Waals surface area contributed by atoms with Crippen molar-refractivity contribution in [2.45, 2.75) is 32.9 Å². The lowest BCUT2D eigenvalue weighted by Crippen LogP contribution is -2.08. The molecule has 1 rings (SSSR count). The van der Waals surface area contributed by atoms with E-state index in [-0.39, 0.29) is 5.92 Å². The number of halogens is 3. The van der Waals surface area contributed by atoms with Crippen LogP contribution in [0, 0.1) is 18.3 Å².